The molecule has 0 amide bonds. The van der Waals surface area contributed by atoms with E-state index in [4.69, 9.17) is 9.78 Å². The van der Waals surface area contributed by atoms with E-state index < -0.39 is 0 Å². The van der Waals surface area contributed by atoms with E-state index in [9.17, 15) is 0 Å². The molecular formula is C16H26O2. The van der Waals surface area contributed by atoms with Crippen molar-refractivity contribution in [2.24, 2.45) is 5.92 Å². The van der Waals surface area contributed by atoms with Crippen LogP contribution >= 0.6 is 0 Å². The van der Waals surface area contributed by atoms with Crippen molar-refractivity contribution in [2.45, 2.75) is 59.5 Å². The van der Waals surface area contributed by atoms with Gasteiger partial charge >= 0.3 is 0 Å². The Kier molecular flexibility index (Phi) is 5.21. The summed E-state index contributed by atoms with van der Waals surface area (Å²) in [6, 6.07) is 8.08. The minimum absolute atomic E-state index is 0.275. The first-order valence-corrected chi connectivity index (χ1v) is 6.82. The average Bonchev–Trinajstić information content (AvgIpc) is 2.35. The van der Waals surface area contributed by atoms with Gasteiger partial charge in [-0.2, -0.15) is 4.89 Å². The van der Waals surface area contributed by atoms with E-state index in [2.05, 4.69) is 47.6 Å². The number of rotatable bonds is 6. The van der Waals surface area contributed by atoms with Crippen LogP contribution in [0.25, 0.3) is 0 Å². The molecule has 0 spiro atoms. The van der Waals surface area contributed by atoms with Crippen LogP contribution in [0.2, 0.25) is 0 Å². The van der Waals surface area contributed by atoms with Gasteiger partial charge in [-0.05, 0) is 43.4 Å². The van der Waals surface area contributed by atoms with Gasteiger partial charge in [-0.15, -0.1) is 0 Å². The summed E-state index contributed by atoms with van der Waals surface area (Å²) in [4.78, 5) is 11.1. The molecule has 2 heteroatoms. The van der Waals surface area contributed by atoms with Crippen molar-refractivity contribution in [3.05, 3.63) is 29.8 Å². The molecule has 102 valence electrons. The zero-order valence-electron chi connectivity index (χ0n) is 12.5. The fourth-order valence-corrected chi connectivity index (χ4v) is 1.65. The Hall–Kier alpha value is -1.02. The van der Waals surface area contributed by atoms with Crippen LogP contribution in [0.3, 0.4) is 0 Å². The highest BCUT2D eigenvalue weighted by atomic mass is 17.2. The smallest absolute Gasteiger partial charge is 0.165 e. The van der Waals surface area contributed by atoms with Gasteiger partial charge in [0.1, 0.15) is 5.60 Å². The van der Waals surface area contributed by atoms with Crippen molar-refractivity contribution in [1.82, 2.24) is 0 Å². The maximum absolute atomic E-state index is 5.60. The molecule has 0 aliphatic carbocycles. The van der Waals surface area contributed by atoms with Crippen molar-refractivity contribution < 1.29 is 9.78 Å². The largest absolute Gasteiger partial charge is 0.337 e. The summed E-state index contributed by atoms with van der Waals surface area (Å²) < 4.78 is 0. The van der Waals surface area contributed by atoms with Crippen LogP contribution in [0.4, 0.5) is 0 Å². The molecule has 0 N–H and O–H groups in total. The third-order valence-corrected chi connectivity index (χ3v) is 3.68. The first-order chi connectivity index (χ1) is 8.36. The summed E-state index contributed by atoms with van der Waals surface area (Å²) in [5.74, 6) is 1.72. The zero-order valence-corrected chi connectivity index (χ0v) is 12.5. The third kappa shape index (κ3) is 4.02. The maximum atomic E-state index is 5.60. The molecule has 1 rings (SSSR count). The van der Waals surface area contributed by atoms with Crippen LogP contribution in [-0.4, -0.2) is 5.60 Å². The molecule has 0 heterocycles. The molecule has 0 radical (unpaired) electrons. The van der Waals surface area contributed by atoms with Crippen LogP contribution in [0, 0.1) is 5.92 Å². The standard InChI is InChI=1S/C16H26O2/c1-7-13(4)16(5,6)18-17-15-10-8-9-14(11-15)12(2)3/h8-13H,7H2,1-6H3. The molecular weight excluding hydrogens is 224 g/mol. The molecule has 1 aromatic rings. The SMILES string of the molecule is CCC(C)C(C)(C)OOc1cccc(C(C)C)c1. The second-order valence-corrected chi connectivity index (χ2v) is 5.81. The Balaban J connectivity index is 2.66. The molecule has 1 unspecified atom stereocenters. The number of benzene rings is 1. The second kappa shape index (κ2) is 6.24. The molecule has 18 heavy (non-hydrogen) atoms. The predicted molar refractivity (Wildman–Crippen MR) is 75.8 cm³/mol. The fourth-order valence-electron chi connectivity index (χ4n) is 1.65. The van der Waals surface area contributed by atoms with Crippen LogP contribution in [-0.2, 0) is 4.89 Å². The Labute approximate surface area is 111 Å². The lowest BCUT2D eigenvalue weighted by Crippen LogP contribution is -2.33. The van der Waals surface area contributed by atoms with E-state index in [1.807, 2.05) is 18.2 Å². The van der Waals surface area contributed by atoms with Gasteiger partial charge in [-0.1, -0.05) is 46.2 Å². The Morgan fingerprint density at radius 2 is 1.83 bits per heavy atom. The van der Waals surface area contributed by atoms with Gasteiger partial charge in [-0.3, -0.25) is 0 Å². The lowest BCUT2D eigenvalue weighted by atomic mass is 9.91. The molecule has 1 atom stereocenters. The molecule has 0 bridgehead atoms. The van der Waals surface area contributed by atoms with Crippen LogP contribution < -0.4 is 4.89 Å². The van der Waals surface area contributed by atoms with Gasteiger partial charge in [0.05, 0.1) is 0 Å². The summed E-state index contributed by atoms with van der Waals surface area (Å²) in [5.41, 5.74) is 0.986. The van der Waals surface area contributed by atoms with E-state index in [1.54, 1.807) is 0 Å². The van der Waals surface area contributed by atoms with E-state index in [0.29, 0.717) is 11.8 Å². The number of hydrogen-bond acceptors (Lipinski definition) is 2. The molecule has 0 saturated carbocycles. The monoisotopic (exact) mass is 250 g/mol. The summed E-state index contributed by atoms with van der Waals surface area (Å²) in [6.45, 7) is 12.8. The van der Waals surface area contributed by atoms with Crippen LogP contribution in [0.5, 0.6) is 5.75 Å². The van der Waals surface area contributed by atoms with Gasteiger partial charge in [0.15, 0.2) is 5.75 Å². The molecule has 0 aliphatic rings. The minimum atomic E-state index is -0.275. The normalized spacial score (nSPS) is 13.7. The minimum Gasteiger partial charge on any atom is -0.337 e. The highest BCUT2D eigenvalue weighted by molar-refractivity contribution is 5.29. The number of hydrogen-bond donors (Lipinski definition) is 0. The van der Waals surface area contributed by atoms with E-state index in [1.165, 1.54) is 5.56 Å². The van der Waals surface area contributed by atoms with Gasteiger partial charge in [-0.25, -0.2) is 0 Å². The Morgan fingerprint density at radius 1 is 1.17 bits per heavy atom. The quantitative estimate of drug-likeness (QED) is 0.525. The van der Waals surface area contributed by atoms with Crippen molar-refractivity contribution in [3.8, 4) is 5.75 Å². The van der Waals surface area contributed by atoms with Gasteiger partial charge in [0, 0.05) is 0 Å². The van der Waals surface area contributed by atoms with Gasteiger partial charge in [0.25, 0.3) is 0 Å². The summed E-state index contributed by atoms with van der Waals surface area (Å²) in [7, 11) is 0. The molecule has 1 aromatic carbocycles. The third-order valence-electron chi connectivity index (χ3n) is 3.68. The Bertz CT molecular complexity index is 369. The molecule has 0 aliphatic heterocycles. The van der Waals surface area contributed by atoms with E-state index in [-0.39, 0.29) is 5.60 Å². The summed E-state index contributed by atoms with van der Waals surface area (Å²) in [6.07, 6.45) is 1.07. The topological polar surface area (TPSA) is 18.5 Å². The second-order valence-electron chi connectivity index (χ2n) is 5.81. The van der Waals surface area contributed by atoms with E-state index >= 15 is 0 Å². The fraction of sp³-hybridized carbons (Fsp3) is 0.625. The lowest BCUT2D eigenvalue weighted by molar-refractivity contribution is -0.295. The molecule has 0 fully saturated rings. The van der Waals surface area contributed by atoms with Crippen LogP contribution in [0.1, 0.15) is 59.4 Å². The highest BCUT2D eigenvalue weighted by Gasteiger charge is 2.27. The molecule has 0 aromatic heterocycles. The lowest BCUT2D eigenvalue weighted by Gasteiger charge is -2.29. The van der Waals surface area contributed by atoms with Crippen molar-refractivity contribution in [1.29, 1.82) is 0 Å². The summed E-state index contributed by atoms with van der Waals surface area (Å²) in [5, 5.41) is 0. The van der Waals surface area contributed by atoms with Gasteiger partial charge < -0.3 is 4.89 Å². The molecule has 0 saturated heterocycles. The predicted octanol–water partition coefficient (Wildman–Crippen LogP) is 4.95. The molecule has 2 nitrogen and oxygen atoms in total. The first kappa shape index (κ1) is 15.0. The van der Waals surface area contributed by atoms with Crippen molar-refractivity contribution >= 4 is 0 Å². The average molecular weight is 250 g/mol. The highest BCUT2D eigenvalue weighted by Crippen LogP contribution is 2.26. The first-order valence-electron chi connectivity index (χ1n) is 6.82. The Morgan fingerprint density at radius 3 is 2.39 bits per heavy atom. The van der Waals surface area contributed by atoms with Crippen LogP contribution in [0.15, 0.2) is 24.3 Å². The maximum Gasteiger partial charge on any atom is 0.165 e. The zero-order chi connectivity index (χ0) is 13.8. The van der Waals surface area contributed by atoms with Crippen molar-refractivity contribution in [2.75, 3.05) is 0 Å². The summed E-state index contributed by atoms with van der Waals surface area (Å²) >= 11 is 0. The van der Waals surface area contributed by atoms with E-state index in [0.717, 1.165) is 12.2 Å². The van der Waals surface area contributed by atoms with Gasteiger partial charge in [0.2, 0.25) is 0 Å². The van der Waals surface area contributed by atoms with Crippen molar-refractivity contribution in [3.63, 3.8) is 0 Å².